The van der Waals surface area contributed by atoms with Gasteiger partial charge in [0.1, 0.15) is 0 Å². The monoisotopic (exact) mass is 427 g/mol. The van der Waals surface area contributed by atoms with Gasteiger partial charge in [0, 0.05) is 28.1 Å². The first-order valence-electron chi connectivity index (χ1n) is 12.0. The number of fused-ring (bicyclic) bond motifs is 2. The Morgan fingerprint density at radius 2 is 2.00 bits per heavy atom. The number of ether oxygens (including phenoxy) is 1. The second kappa shape index (κ2) is 6.37. The van der Waals surface area contributed by atoms with Crippen LogP contribution in [0.1, 0.15) is 57.4 Å². The molecule has 7 rings (SSSR count). The number of hydroxylamine groups is 1. The van der Waals surface area contributed by atoms with Crippen molar-refractivity contribution < 1.29 is 9.94 Å². The third-order valence-corrected chi connectivity index (χ3v) is 9.31. The van der Waals surface area contributed by atoms with E-state index in [1.165, 1.54) is 22.3 Å². The minimum Gasteiger partial charge on any atom is -0.359 e. The number of allylic oxidation sites excluding steroid dienone is 3. The molecule has 0 unspecified atom stereocenters. The summed E-state index contributed by atoms with van der Waals surface area (Å²) in [6, 6.07) is 6.81. The van der Waals surface area contributed by atoms with Crippen molar-refractivity contribution in [3.8, 4) is 0 Å². The summed E-state index contributed by atoms with van der Waals surface area (Å²) >= 11 is 0. The van der Waals surface area contributed by atoms with Crippen molar-refractivity contribution in [2.75, 3.05) is 0 Å². The standard InChI is InChI=1S/C27H29N3O2/c1-25-9-8-21-13-20-4-5-22(30-31)14-26(20)10-11-27(21,32-26)24(25)7-6-23(25)17-2-3-18-15-28-29-16-19(18)12-17/h2-3,6,8,12-13,15-16,22,24,30-31H,4-5,7,9-11,14H2,1H3/t22-,24-,25-,26-,27-/m1/s1. The number of aromatic nitrogens is 2. The molecular formula is C27H29N3O2. The van der Waals surface area contributed by atoms with Gasteiger partial charge in [-0.25, -0.2) is 5.48 Å². The summed E-state index contributed by atoms with van der Waals surface area (Å²) in [5, 5.41) is 20.0. The second-order valence-corrected chi connectivity index (χ2v) is 10.7. The number of hydrogen-bond donors (Lipinski definition) is 2. The lowest BCUT2D eigenvalue weighted by molar-refractivity contribution is -0.134. The molecule has 1 saturated heterocycles. The maximum absolute atomic E-state index is 9.61. The summed E-state index contributed by atoms with van der Waals surface area (Å²) in [6.07, 6.45) is 18.2. The van der Waals surface area contributed by atoms with Gasteiger partial charge in [0.25, 0.3) is 0 Å². The molecule has 3 aliphatic carbocycles. The zero-order valence-electron chi connectivity index (χ0n) is 18.5. The highest BCUT2D eigenvalue weighted by Gasteiger charge is 2.65. The Morgan fingerprint density at radius 3 is 2.88 bits per heavy atom. The average molecular weight is 428 g/mol. The highest BCUT2D eigenvalue weighted by atomic mass is 16.5. The van der Waals surface area contributed by atoms with Crippen molar-refractivity contribution in [3.05, 3.63) is 65.5 Å². The molecule has 2 spiro atoms. The van der Waals surface area contributed by atoms with Gasteiger partial charge < -0.3 is 9.94 Å². The van der Waals surface area contributed by atoms with Crippen LogP contribution in [0, 0.1) is 11.3 Å². The SMILES string of the molecule is C[C@]12CC=C3C=C4CC[C@@H](NO)C[C@]45CC[C@]3(O5)[C@@H]1CC=C2c1ccc2cnncc2c1. The van der Waals surface area contributed by atoms with E-state index < -0.39 is 0 Å². The maximum Gasteiger partial charge on any atom is 0.0980 e. The van der Waals surface area contributed by atoms with Gasteiger partial charge in [-0.15, -0.1) is 0 Å². The minimum absolute atomic E-state index is 0.0534. The Kier molecular flexibility index (Phi) is 3.82. The Labute approximate surface area is 188 Å². The predicted molar refractivity (Wildman–Crippen MR) is 123 cm³/mol. The Morgan fingerprint density at radius 1 is 1.12 bits per heavy atom. The molecule has 2 aromatic rings. The molecule has 5 atom stereocenters. The van der Waals surface area contributed by atoms with Crippen LogP contribution in [-0.4, -0.2) is 32.6 Å². The Balaban J connectivity index is 1.30. The highest BCUT2D eigenvalue weighted by molar-refractivity contribution is 5.86. The molecule has 32 heavy (non-hydrogen) atoms. The third-order valence-electron chi connectivity index (χ3n) is 9.31. The van der Waals surface area contributed by atoms with Gasteiger partial charge in [0.2, 0.25) is 0 Å². The Bertz CT molecular complexity index is 1230. The van der Waals surface area contributed by atoms with E-state index in [0.29, 0.717) is 5.92 Å². The largest absolute Gasteiger partial charge is 0.359 e. The zero-order chi connectivity index (χ0) is 21.6. The van der Waals surface area contributed by atoms with E-state index in [9.17, 15) is 5.21 Å². The summed E-state index contributed by atoms with van der Waals surface area (Å²) in [5.74, 6) is 0.441. The van der Waals surface area contributed by atoms with Crippen molar-refractivity contribution in [3.63, 3.8) is 0 Å². The summed E-state index contributed by atoms with van der Waals surface area (Å²) in [4.78, 5) is 0. The van der Waals surface area contributed by atoms with Crippen LogP contribution in [0.25, 0.3) is 16.3 Å². The smallest absolute Gasteiger partial charge is 0.0980 e. The number of rotatable bonds is 2. The van der Waals surface area contributed by atoms with Gasteiger partial charge in [-0.05, 0) is 73.3 Å². The molecule has 2 N–H and O–H groups in total. The molecule has 3 heterocycles. The molecule has 164 valence electrons. The molecule has 1 aromatic heterocycles. The molecule has 0 radical (unpaired) electrons. The van der Waals surface area contributed by atoms with Gasteiger partial charge in [-0.3, -0.25) is 0 Å². The summed E-state index contributed by atoms with van der Waals surface area (Å²) < 4.78 is 7.21. The first kappa shape index (κ1) is 19.2. The van der Waals surface area contributed by atoms with Crippen molar-refractivity contribution in [1.29, 1.82) is 0 Å². The van der Waals surface area contributed by atoms with Crippen molar-refractivity contribution in [2.45, 2.75) is 69.1 Å². The van der Waals surface area contributed by atoms with Crippen LogP contribution in [0.5, 0.6) is 0 Å². The zero-order valence-corrected chi connectivity index (χ0v) is 18.5. The molecule has 5 nitrogen and oxygen atoms in total. The van der Waals surface area contributed by atoms with Crippen molar-refractivity contribution in [2.24, 2.45) is 11.3 Å². The first-order chi connectivity index (χ1) is 15.6. The molecule has 1 saturated carbocycles. The van der Waals surface area contributed by atoms with Crippen LogP contribution in [-0.2, 0) is 4.74 Å². The fourth-order valence-electron chi connectivity index (χ4n) is 7.71. The van der Waals surface area contributed by atoms with Crippen LogP contribution in [0.2, 0.25) is 0 Å². The maximum atomic E-state index is 9.61. The van der Waals surface area contributed by atoms with Crippen LogP contribution < -0.4 is 5.48 Å². The fraction of sp³-hybridized carbons (Fsp3) is 0.481. The number of hydrogen-bond acceptors (Lipinski definition) is 5. The Hall–Kier alpha value is -2.34. The highest BCUT2D eigenvalue weighted by Crippen LogP contribution is 2.67. The number of nitrogens with zero attached hydrogens (tertiary/aromatic N) is 2. The van der Waals surface area contributed by atoms with Crippen LogP contribution >= 0.6 is 0 Å². The summed E-state index contributed by atoms with van der Waals surface area (Å²) in [7, 11) is 0. The first-order valence-corrected chi connectivity index (χ1v) is 12.0. The lowest BCUT2D eigenvalue weighted by atomic mass is 9.58. The third kappa shape index (κ3) is 2.34. The van der Waals surface area contributed by atoms with E-state index in [-0.39, 0.29) is 22.7 Å². The lowest BCUT2D eigenvalue weighted by Crippen LogP contribution is -2.54. The summed E-state index contributed by atoms with van der Waals surface area (Å²) in [5.41, 5.74) is 7.81. The predicted octanol–water partition coefficient (Wildman–Crippen LogP) is 5.13. The minimum atomic E-state index is -0.200. The van der Waals surface area contributed by atoms with E-state index >= 15 is 0 Å². The van der Waals surface area contributed by atoms with E-state index in [0.717, 1.165) is 55.7 Å². The number of benzene rings is 1. The van der Waals surface area contributed by atoms with Crippen LogP contribution in [0.15, 0.2) is 60.0 Å². The quantitative estimate of drug-likeness (QED) is 0.651. The van der Waals surface area contributed by atoms with Crippen molar-refractivity contribution >= 4 is 16.3 Å². The van der Waals surface area contributed by atoms with Crippen molar-refractivity contribution in [1.82, 2.24) is 15.7 Å². The molecule has 2 fully saturated rings. The van der Waals surface area contributed by atoms with E-state index in [4.69, 9.17) is 4.74 Å². The van der Waals surface area contributed by atoms with Gasteiger partial charge in [-0.2, -0.15) is 10.2 Å². The molecule has 5 aliphatic rings. The van der Waals surface area contributed by atoms with Gasteiger partial charge in [0.15, 0.2) is 0 Å². The van der Waals surface area contributed by atoms with E-state index in [1.807, 2.05) is 12.4 Å². The molecule has 5 heteroatoms. The molecular weight excluding hydrogens is 398 g/mol. The molecule has 1 aromatic carbocycles. The molecule has 0 amide bonds. The summed E-state index contributed by atoms with van der Waals surface area (Å²) in [6.45, 7) is 2.44. The van der Waals surface area contributed by atoms with E-state index in [2.05, 4.69) is 59.0 Å². The number of nitrogens with one attached hydrogen (secondary N) is 1. The average Bonchev–Trinajstić information content (AvgIpc) is 3.33. The fourth-order valence-corrected chi connectivity index (χ4v) is 7.71. The molecule has 2 bridgehead atoms. The van der Waals surface area contributed by atoms with Gasteiger partial charge >= 0.3 is 0 Å². The van der Waals surface area contributed by atoms with E-state index in [1.54, 1.807) is 0 Å². The van der Waals surface area contributed by atoms with Crippen LogP contribution in [0.4, 0.5) is 0 Å². The van der Waals surface area contributed by atoms with Gasteiger partial charge in [-0.1, -0.05) is 37.3 Å². The topological polar surface area (TPSA) is 67.3 Å². The van der Waals surface area contributed by atoms with Gasteiger partial charge in [0.05, 0.1) is 23.6 Å². The van der Waals surface area contributed by atoms with Crippen LogP contribution in [0.3, 0.4) is 0 Å². The second-order valence-electron chi connectivity index (χ2n) is 10.7. The lowest BCUT2D eigenvalue weighted by Gasteiger charge is -2.54. The molecule has 2 aliphatic heterocycles. The normalized spacial score (nSPS) is 39.6.